The maximum absolute atomic E-state index is 13.1. The Kier molecular flexibility index (Phi) is 4.89. The zero-order valence-corrected chi connectivity index (χ0v) is 17.5. The van der Waals surface area contributed by atoms with Gasteiger partial charge in [0.05, 0.1) is 23.9 Å². The molecule has 7 heteroatoms. The van der Waals surface area contributed by atoms with Crippen LogP contribution in [0, 0.1) is 6.92 Å². The first-order valence-corrected chi connectivity index (χ1v) is 11.1. The van der Waals surface area contributed by atoms with Crippen molar-refractivity contribution < 1.29 is 9.53 Å². The van der Waals surface area contributed by atoms with E-state index in [1.165, 1.54) is 0 Å². The number of morpholine rings is 1. The van der Waals surface area contributed by atoms with Crippen molar-refractivity contribution in [3.8, 4) is 0 Å². The predicted octanol–water partition coefficient (Wildman–Crippen LogP) is 3.44. The van der Waals surface area contributed by atoms with Crippen molar-refractivity contribution in [3.63, 3.8) is 0 Å². The number of H-pyrrole nitrogens is 1. The summed E-state index contributed by atoms with van der Waals surface area (Å²) in [7, 11) is 0. The number of amides is 1. The maximum atomic E-state index is 13.1. The minimum atomic E-state index is 0.0111. The molecule has 2 saturated heterocycles. The van der Waals surface area contributed by atoms with Crippen LogP contribution < -0.4 is 0 Å². The quantitative estimate of drug-likeness (QED) is 0.719. The first kappa shape index (κ1) is 18.8. The Bertz CT molecular complexity index is 1020. The molecule has 0 bridgehead atoms. The van der Waals surface area contributed by atoms with E-state index in [0.29, 0.717) is 0 Å². The first-order chi connectivity index (χ1) is 14.1. The number of hydrogen-bond acceptors (Lipinski definition) is 5. The summed E-state index contributed by atoms with van der Waals surface area (Å²) in [4.78, 5) is 25.4. The zero-order valence-electron chi connectivity index (χ0n) is 16.7. The number of carbonyl (C=O) groups excluding carboxylic acids is 1. The standard InChI is InChI=1S/C22H26N4O2S/c1-16-24-19(14-29-16)13-26-10-11-28-15-22(26)5-8-25(9-6-22)21(27)18-2-3-20-17(12-18)4-7-23-20/h2-4,7,12,14,23H,5-6,8-11,13,15H2,1H3. The number of fused-ring (bicyclic) bond motifs is 1. The van der Waals surface area contributed by atoms with Gasteiger partial charge in [0.1, 0.15) is 0 Å². The number of aromatic amines is 1. The number of rotatable bonds is 3. The Morgan fingerprint density at radius 3 is 2.93 bits per heavy atom. The van der Waals surface area contributed by atoms with E-state index in [9.17, 15) is 4.79 Å². The molecule has 0 radical (unpaired) electrons. The van der Waals surface area contributed by atoms with Gasteiger partial charge in [-0.2, -0.15) is 0 Å². The van der Waals surface area contributed by atoms with Crippen molar-refractivity contribution in [1.82, 2.24) is 19.8 Å². The summed E-state index contributed by atoms with van der Waals surface area (Å²) in [5, 5.41) is 4.35. The van der Waals surface area contributed by atoms with Crippen molar-refractivity contribution in [1.29, 1.82) is 0 Å². The number of likely N-dealkylation sites (tertiary alicyclic amines) is 1. The van der Waals surface area contributed by atoms with Crippen LogP contribution in [0.2, 0.25) is 0 Å². The van der Waals surface area contributed by atoms with Crippen LogP contribution in [0.3, 0.4) is 0 Å². The van der Waals surface area contributed by atoms with Crippen LogP contribution in [0.1, 0.15) is 33.9 Å². The number of nitrogens with one attached hydrogen (secondary N) is 1. The highest BCUT2D eigenvalue weighted by atomic mass is 32.1. The number of aryl methyl sites for hydroxylation is 1. The molecule has 1 amide bonds. The van der Waals surface area contributed by atoms with Gasteiger partial charge in [0, 0.05) is 59.8 Å². The second-order valence-corrected chi connectivity index (χ2v) is 9.19. The van der Waals surface area contributed by atoms with Crippen molar-refractivity contribution in [2.24, 2.45) is 0 Å². The number of thiazole rings is 1. The van der Waals surface area contributed by atoms with Gasteiger partial charge in [-0.15, -0.1) is 11.3 Å². The Balaban J connectivity index is 1.29. The molecule has 0 saturated carbocycles. The van der Waals surface area contributed by atoms with Gasteiger partial charge in [-0.05, 0) is 44.0 Å². The number of ether oxygens (including phenoxy) is 1. The lowest BCUT2D eigenvalue weighted by Gasteiger charge is -2.51. The van der Waals surface area contributed by atoms with E-state index in [1.807, 2.05) is 35.4 Å². The van der Waals surface area contributed by atoms with Crippen LogP contribution in [-0.2, 0) is 11.3 Å². The number of benzene rings is 1. The molecule has 2 fully saturated rings. The number of aromatic nitrogens is 2. The highest BCUT2D eigenvalue weighted by molar-refractivity contribution is 7.09. The minimum Gasteiger partial charge on any atom is -0.378 e. The summed E-state index contributed by atoms with van der Waals surface area (Å²) in [5.41, 5.74) is 2.98. The van der Waals surface area contributed by atoms with E-state index in [0.717, 1.165) is 79.4 Å². The highest BCUT2D eigenvalue weighted by Crippen LogP contribution is 2.34. The third-order valence-corrected chi connectivity index (χ3v) is 7.17. The monoisotopic (exact) mass is 410 g/mol. The number of hydrogen-bond donors (Lipinski definition) is 1. The fourth-order valence-corrected chi connectivity index (χ4v) is 5.25. The van der Waals surface area contributed by atoms with Crippen LogP contribution >= 0.6 is 11.3 Å². The minimum absolute atomic E-state index is 0.0111. The second-order valence-electron chi connectivity index (χ2n) is 8.13. The van der Waals surface area contributed by atoms with Crippen molar-refractivity contribution in [2.45, 2.75) is 31.8 Å². The van der Waals surface area contributed by atoms with Gasteiger partial charge in [-0.1, -0.05) is 0 Å². The molecule has 4 heterocycles. The molecule has 5 rings (SSSR count). The molecule has 1 aromatic carbocycles. The molecule has 2 aliphatic heterocycles. The summed E-state index contributed by atoms with van der Waals surface area (Å²) < 4.78 is 5.89. The summed E-state index contributed by atoms with van der Waals surface area (Å²) in [6.45, 7) is 6.89. The molecule has 152 valence electrons. The van der Waals surface area contributed by atoms with Crippen LogP contribution in [0.25, 0.3) is 10.9 Å². The molecule has 0 atom stereocenters. The van der Waals surface area contributed by atoms with Gasteiger partial charge in [-0.3, -0.25) is 9.69 Å². The molecule has 2 aromatic heterocycles. The van der Waals surface area contributed by atoms with Gasteiger partial charge in [0.25, 0.3) is 5.91 Å². The topological polar surface area (TPSA) is 61.5 Å². The lowest BCUT2D eigenvalue weighted by atomic mass is 9.85. The maximum Gasteiger partial charge on any atom is 0.253 e. The van der Waals surface area contributed by atoms with E-state index in [-0.39, 0.29) is 11.4 Å². The van der Waals surface area contributed by atoms with Crippen molar-refractivity contribution >= 4 is 28.1 Å². The molecule has 0 aliphatic carbocycles. The van der Waals surface area contributed by atoms with E-state index in [2.05, 4.69) is 27.2 Å². The Hall–Kier alpha value is -2.22. The fraction of sp³-hybridized carbons (Fsp3) is 0.455. The number of carbonyl (C=O) groups is 1. The van der Waals surface area contributed by atoms with Crippen LogP contribution in [-0.4, -0.2) is 64.1 Å². The first-order valence-electron chi connectivity index (χ1n) is 10.2. The fourth-order valence-electron chi connectivity index (χ4n) is 4.64. The number of nitrogens with zero attached hydrogens (tertiary/aromatic N) is 3. The largest absolute Gasteiger partial charge is 0.378 e. The van der Waals surface area contributed by atoms with Crippen molar-refractivity contribution in [3.05, 3.63) is 52.1 Å². The lowest BCUT2D eigenvalue weighted by Crippen LogP contribution is -2.61. The summed E-state index contributed by atoms with van der Waals surface area (Å²) in [6.07, 6.45) is 3.79. The highest BCUT2D eigenvalue weighted by Gasteiger charge is 2.43. The molecule has 3 aromatic rings. The SMILES string of the molecule is Cc1nc(CN2CCOCC23CCN(C(=O)c2ccc4[nH]ccc4c2)CC3)cs1. The third-order valence-electron chi connectivity index (χ3n) is 6.35. The average molecular weight is 411 g/mol. The van der Waals surface area contributed by atoms with E-state index < -0.39 is 0 Å². The molecule has 6 nitrogen and oxygen atoms in total. The Morgan fingerprint density at radius 2 is 2.14 bits per heavy atom. The molecular weight excluding hydrogens is 384 g/mol. The Morgan fingerprint density at radius 1 is 1.28 bits per heavy atom. The summed E-state index contributed by atoms with van der Waals surface area (Å²) >= 11 is 1.71. The molecule has 29 heavy (non-hydrogen) atoms. The van der Waals surface area contributed by atoms with Gasteiger partial charge >= 0.3 is 0 Å². The average Bonchev–Trinajstić information content (AvgIpc) is 3.38. The Labute approximate surface area is 174 Å². The normalized spacial score (nSPS) is 19.8. The number of piperidine rings is 1. The summed E-state index contributed by atoms with van der Waals surface area (Å²) in [6, 6.07) is 7.90. The zero-order chi connectivity index (χ0) is 19.8. The van der Waals surface area contributed by atoms with Gasteiger partial charge in [0.2, 0.25) is 0 Å². The van der Waals surface area contributed by atoms with Crippen LogP contribution in [0.15, 0.2) is 35.8 Å². The smallest absolute Gasteiger partial charge is 0.253 e. The molecule has 1 N–H and O–H groups in total. The van der Waals surface area contributed by atoms with Gasteiger partial charge in [-0.25, -0.2) is 4.98 Å². The summed E-state index contributed by atoms with van der Waals surface area (Å²) in [5.74, 6) is 0.126. The van der Waals surface area contributed by atoms with Crippen LogP contribution in [0.5, 0.6) is 0 Å². The van der Waals surface area contributed by atoms with Gasteiger partial charge in [0.15, 0.2) is 0 Å². The van der Waals surface area contributed by atoms with E-state index >= 15 is 0 Å². The molecule has 2 aliphatic rings. The van der Waals surface area contributed by atoms with Crippen LogP contribution in [0.4, 0.5) is 0 Å². The molecular formula is C22H26N4O2S. The molecule has 1 spiro atoms. The van der Waals surface area contributed by atoms with Gasteiger partial charge < -0.3 is 14.6 Å². The lowest BCUT2D eigenvalue weighted by molar-refractivity contribution is -0.0961. The van der Waals surface area contributed by atoms with E-state index in [4.69, 9.17) is 4.74 Å². The van der Waals surface area contributed by atoms with Crippen molar-refractivity contribution in [2.75, 3.05) is 32.8 Å². The molecule has 0 unspecified atom stereocenters. The predicted molar refractivity (Wildman–Crippen MR) is 114 cm³/mol. The second kappa shape index (κ2) is 7.55. The third kappa shape index (κ3) is 3.58. The van der Waals surface area contributed by atoms with E-state index in [1.54, 1.807) is 11.3 Å².